The third-order valence-corrected chi connectivity index (χ3v) is 10.9. The molecule has 0 saturated carbocycles. The zero-order valence-electron chi connectivity index (χ0n) is 22.0. The van der Waals surface area contributed by atoms with E-state index in [2.05, 4.69) is 18.2 Å². The summed E-state index contributed by atoms with van der Waals surface area (Å²) in [5, 5.41) is 0.532. The van der Waals surface area contributed by atoms with E-state index in [0.717, 1.165) is 28.0 Å². The van der Waals surface area contributed by atoms with Gasteiger partial charge in [0, 0.05) is 33.3 Å². The van der Waals surface area contributed by atoms with E-state index in [0.29, 0.717) is 33.2 Å². The maximum Gasteiger partial charge on any atom is 0.265 e. The number of carbonyl (C=O) groups excluding carboxylic acids is 1. The van der Waals surface area contributed by atoms with Gasteiger partial charge in [-0.05, 0) is 78.4 Å². The van der Waals surface area contributed by atoms with E-state index in [1.807, 2.05) is 42.5 Å². The summed E-state index contributed by atoms with van der Waals surface area (Å²) in [6, 6.07) is 30.1. The highest BCUT2D eigenvalue weighted by Gasteiger charge is 2.69. The number of hydrogen-bond acceptors (Lipinski definition) is 4. The van der Waals surface area contributed by atoms with Crippen LogP contribution < -0.4 is 4.74 Å². The molecule has 0 bridgehead atoms. The largest absolute Gasteiger partial charge is 0.497 e. The summed E-state index contributed by atoms with van der Waals surface area (Å²) in [4.78, 5) is 14.2. The summed E-state index contributed by atoms with van der Waals surface area (Å²) >= 11 is 6.09. The molecule has 0 radical (unpaired) electrons. The van der Waals surface area contributed by atoms with Gasteiger partial charge in [-0.1, -0.05) is 66.2 Å². The fraction of sp³-hybridized carbons (Fsp3) is 0.182. The van der Waals surface area contributed by atoms with Crippen molar-refractivity contribution in [1.82, 2.24) is 4.31 Å². The molecule has 4 aromatic rings. The number of methoxy groups -OCH3 is 1. The van der Waals surface area contributed by atoms with Crippen molar-refractivity contribution in [1.29, 1.82) is 0 Å². The highest BCUT2D eigenvalue weighted by molar-refractivity contribution is 7.89. The van der Waals surface area contributed by atoms with E-state index in [4.69, 9.17) is 16.3 Å². The molecular weight excluding hydrogens is 542 g/mol. The van der Waals surface area contributed by atoms with E-state index in [-0.39, 0.29) is 17.6 Å². The van der Waals surface area contributed by atoms with Crippen molar-refractivity contribution in [2.24, 2.45) is 0 Å². The summed E-state index contributed by atoms with van der Waals surface area (Å²) in [7, 11) is -2.30. The van der Waals surface area contributed by atoms with E-state index >= 15 is 0 Å². The predicted molar refractivity (Wildman–Crippen MR) is 154 cm³/mol. The standard InChI is InChI=1S/C33H26ClNO4S/c1-20(32(36)22-11-15-23(34)16-12-22)29-19-26(21-13-17-24(39-2)18-14-21)31-25-7-3-4-8-27(25)33(31)28-9-5-6-10-30(28)40(37,38)35(29)33/h3-18,26,31H,19H2,1-2H3/b29-20+/t26-,31-,33+/m1/s1. The van der Waals surface area contributed by atoms with Crippen LogP contribution in [-0.2, 0) is 15.6 Å². The second-order valence-electron chi connectivity index (χ2n) is 10.6. The van der Waals surface area contributed by atoms with Gasteiger partial charge in [0.05, 0.1) is 12.0 Å². The third-order valence-electron chi connectivity index (χ3n) is 8.78. The van der Waals surface area contributed by atoms with Gasteiger partial charge in [0.15, 0.2) is 5.78 Å². The van der Waals surface area contributed by atoms with Crippen LogP contribution in [-0.4, -0.2) is 25.6 Å². The monoisotopic (exact) mass is 567 g/mol. The molecule has 1 aliphatic carbocycles. The Kier molecular flexibility index (Phi) is 5.54. The van der Waals surface area contributed by atoms with Crippen LogP contribution in [0.4, 0.5) is 0 Å². The lowest BCUT2D eigenvalue weighted by molar-refractivity contribution is 0.101. The minimum absolute atomic E-state index is 0.0682. The Morgan fingerprint density at radius 2 is 1.55 bits per heavy atom. The van der Waals surface area contributed by atoms with Gasteiger partial charge in [0.2, 0.25) is 0 Å². The third kappa shape index (κ3) is 3.20. The van der Waals surface area contributed by atoms with Gasteiger partial charge in [-0.25, -0.2) is 8.42 Å². The van der Waals surface area contributed by atoms with Crippen LogP contribution >= 0.6 is 11.6 Å². The Balaban J connectivity index is 1.52. The molecule has 200 valence electrons. The average molecular weight is 568 g/mol. The molecule has 0 amide bonds. The van der Waals surface area contributed by atoms with Gasteiger partial charge >= 0.3 is 0 Å². The molecule has 0 aromatic heterocycles. The molecule has 2 aliphatic heterocycles. The van der Waals surface area contributed by atoms with E-state index in [1.54, 1.807) is 54.7 Å². The van der Waals surface area contributed by atoms with Crippen molar-refractivity contribution in [2.75, 3.05) is 7.11 Å². The van der Waals surface area contributed by atoms with Crippen molar-refractivity contribution >= 4 is 27.4 Å². The topological polar surface area (TPSA) is 63.7 Å². The summed E-state index contributed by atoms with van der Waals surface area (Å²) in [5.41, 5.74) is 4.42. The Bertz CT molecular complexity index is 1830. The number of fused-ring (bicyclic) bond motifs is 3. The number of allylic oxidation sites excluding steroid dienone is 2. The van der Waals surface area contributed by atoms with Crippen molar-refractivity contribution < 1.29 is 17.9 Å². The number of halogens is 1. The quantitative estimate of drug-likeness (QED) is 0.196. The Hall–Kier alpha value is -3.87. The van der Waals surface area contributed by atoms with Gasteiger partial charge in [0.1, 0.15) is 11.3 Å². The molecule has 0 unspecified atom stereocenters. The van der Waals surface area contributed by atoms with Gasteiger partial charge in [-0.15, -0.1) is 0 Å². The van der Waals surface area contributed by atoms with Crippen LogP contribution in [0.15, 0.2) is 113 Å². The summed E-state index contributed by atoms with van der Waals surface area (Å²) in [6.45, 7) is 1.74. The van der Waals surface area contributed by atoms with Crippen LogP contribution in [0, 0.1) is 0 Å². The normalized spacial score (nSPS) is 24.6. The molecule has 5 nitrogen and oxygen atoms in total. The number of rotatable bonds is 4. The lowest BCUT2D eigenvalue weighted by Gasteiger charge is -2.60. The smallest absolute Gasteiger partial charge is 0.265 e. The molecule has 7 rings (SSSR count). The second kappa shape index (κ2) is 8.82. The average Bonchev–Trinajstić information content (AvgIpc) is 3.21. The SMILES string of the molecule is COc1ccc([C@H]2C/C(=C(/C)C(=O)c3ccc(Cl)cc3)N3[C@@]4(c5ccccc5[C@H]24)c2ccccc2S3(=O)=O)cc1. The summed E-state index contributed by atoms with van der Waals surface area (Å²) < 4.78 is 35.8. The Labute approximate surface area is 238 Å². The molecule has 1 saturated heterocycles. The zero-order valence-corrected chi connectivity index (χ0v) is 23.5. The van der Waals surface area contributed by atoms with Crippen LogP contribution in [0.2, 0.25) is 5.02 Å². The first-order chi connectivity index (χ1) is 19.3. The fourth-order valence-electron chi connectivity index (χ4n) is 7.07. The first kappa shape index (κ1) is 25.1. The first-order valence-electron chi connectivity index (χ1n) is 13.2. The van der Waals surface area contributed by atoms with Gasteiger partial charge in [-0.3, -0.25) is 9.10 Å². The summed E-state index contributed by atoms with van der Waals surface area (Å²) in [5.74, 6) is 0.343. The molecule has 1 fully saturated rings. The number of hydrogen-bond donors (Lipinski definition) is 0. The minimum atomic E-state index is -3.94. The maximum atomic E-state index is 14.4. The molecular formula is C33H26ClNO4S. The second-order valence-corrected chi connectivity index (χ2v) is 12.8. The van der Waals surface area contributed by atoms with Gasteiger partial charge < -0.3 is 4.74 Å². The number of sulfonamides is 1. The minimum Gasteiger partial charge on any atom is -0.497 e. The van der Waals surface area contributed by atoms with Crippen LogP contribution in [0.5, 0.6) is 5.75 Å². The number of carbonyl (C=O) groups is 1. The molecule has 40 heavy (non-hydrogen) atoms. The highest BCUT2D eigenvalue weighted by atomic mass is 35.5. The molecule has 2 heterocycles. The maximum absolute atomic E-state index is 14.4. The molecule has 0 N–H and O–H groups in total. The zero-order chi connectivity index (χ0) is 27.8. The lowest BCUT2D eigenvalue weighted by atomic mass is 9.51. The van der Waals surface area contributed by atoms with E-state index in [9.17, 15) is 13.2 Å². The number of Topliss-reactive ketones (excluding diaryl/α,β-unsaturated/α-hetero) is 1. The molecule has 3 atom stereocenters. The molecule has 4 aromatic carbocycles. The Morgan fingerprint density at radius 3 is 2.25 bits per heavy atom. The molecule has 3 aliphatic rings. The van der Waals surface area contributed by atoms with Gasteiger partial charge in [0.25, 0.3) is 10.0 Å². The number of benzene rings is 4. The lowest BCUT2D eigenvalue weighted by Crippen LogP contribution is -2.59. The van der Waals surface area contributed by atoms with Crippen LogP contribution in [0.1, 0.15) is 57.8 Å². The number of ketones is 1. The van der Waals surface area contributed by atoms with Crippen LogP contribution in [0.25, 0.3) is 0 Å². The van der Waals surface area contributed by atoms with Crippen molar-refractivity contribution in [3.8, 4) is 5.75 Å². The van der Waals surface area contributed by atoms with Gasteiger partial charge in [-0.2, -0.15) is 0 Å². The predicted octanol–water partition coefficient (Wildman–Crippen LogP) is 7.04. The number of nitrogens with zero attached hydrogens (tertiary/aromatic N) is 1. The van der Waals surface area contributed by atoms with E-state index < -0.39 is 15.6 Å². The van der Waals surface area contributed by atoms with E-state index in [1.165, 1.54) is 0 Å². The van der Waals surface area contributed by atoms with Crippen LogP contribution in [0.3, 0.4) is 0 Å². The Morgan fingerprint density at radius 1 is 0.900 bits per heavy atom. The number of piperidine rings is 1. The van der Waals surface area contributed by atoms with Crippen molar-refractivity contribution in [3.05, 3.63) is 141 Å². The molecule has 1 spiro atoms. The van der Waals surface area contributed by atoms with Crippen molar-refractivity contribution in [2.45, 2.75) is 35.6 Å². The fourth-order valence-corrected chi connectivity index (χ4v) is 9.34. The highest BCUT2D eigenvalue weighted by Crippen LogP contribution is 2.71. The van der Waals surface area contributed by atoms with Crippen molar-refractivity contribution in [3.63, 3.8) is 0 Å². The first-order valence-corrected chi connectivity index (χ1v) is 15.0. The summed E-state index contributed by atoms with van der Waals surface area (Å²) in [6.07, 6.45) is 0.394. The number of ether oxygens (including phenoxy) is 1. The molecule has 7 heteroatoms.